The van der Waals surface area contributed by atoms with Crippen LogP contribution in [0.2, 0.25) is 0 Å². The fourth-order valence-electron chi connectivity index (χ4n) is 4.74. The Balaban J connectivity index is 1.79. The van der Waals surface area contributed by atoms with Crippen molar-refractivity contribution in [2.75, 3.05) is 4.90 Å². The van der Waals surface area contributed by atoms with Crippen LogP contribution >= 0.6 is 15.9 Å². The van der Waals surface area contributed by atoms with E-state index in [1.807, 2.05) is 83.8 Å². The smallest absolute Gasteiger partial charge is 0.256 e. The van der Waals surface area contributed by atoms with E-state index in [0.717, 1.165) is 22.4 Å². The Labute approximate surface area is 177 Å². The van der Waals surface area contributed by atoms with E-state index < -0.39 is 5.66 Å². The summed E-state index contributed by atoms with van der Waals surface area (Å²) in [6.07, 6.45) is 0. The lowest BCUT2D eigenvalue weighted by Crippen LogP contribution is -2.57. The number of hydrogen-bond donors (Lipinski definition) is 0. The predicted octanol–water partition coefficient (Wildman–Crippen LogP) is 5.00. The Morgan fingerprint density at radius 2 is 1.62 bits per heavy atom. The summed E-state index contributed by atoms with van der Waals surface area (Å²) in [7, 11) is 0. The van der Waals surface area contributed by atoms with Gasteiger partial charge in [0, 0.05) is 24.6 Å². The minimum absolute atomic E-state index is 0.0621. The van der Waals surface area contributed by atoms with Crippen molar-refractivity contribution in [3.63, 3.8) is 0 Å². The molecule has 0 saturated heterocycles. The maximum Gasteiger partial charge on any atom is 0.256 e. The number of hydrogen-bond acceptors (Lipinski definition) is 2. The van der Waals surface area contributed by atoms with Gasteiger partial charge in [0.25, 0.3) is 5.91 Å². The third-order valence-electron chi connectivity index (χ3n) is 5.85. The number of anilines is 1. The molecule has 2 aliphatic heterocycles. The van der Waals surface area contributed by atoms with Crippen LogP contribution in [-0.4, -0.2) is 16.7 Å². The van der Waals surface area contributed by atoms with Gasteiger partial charge in [-0.05, 0) is 23.3 Å². The van der Waals surface area contributed by atoms with E-state index in [2.05, 4.69) is 15.9 Å². The molecule has 29 heavy (non-hydrogen) atoms. The highest BCUT2D eigenvalue weighted by Gasteiger charge is 2.63. The van der Waals surface area contributed by atoms with E-state index >= 15 is 0 Å². The van der Waals surface area contributed by atoms with Crippen LogP contribution in [0.25, 0.3) is 0 Å². The number of amides is 2. The first-order valence-corrected chi connectivity index (χ1v) is 10.5. The molecule has 0 bridgehead atoms. The van der Waals surface area contributed by atoms with E-state index in [1.165, 1.54) is 0 Å². The molecule has 3 aromatic rings. The van der Waals surface area contributed by atoms with Gasteiger partial charge in [0.05, 0.1) is 10.5 Å². The number of halogens is 1. The molecular formula is C24H19BrN2O2. The molecule has 144 valence electrons. The van der Waals surface area contributed by atoms with Crippen molar-refractivity contribution in [1.29, 1.82) is 0 Å². The monoisotopic (exact) mass is 446 g/mol. The van der Waals surface area contributed by atoms with Gasteiger partial charge in [-0.1, -0.05) is 82.7 Å². The summed E-state index contributed by atoms with van der Waals surface area (Å²) in [5, 5.41) is 0. The van der Waals surface area contributed by atoms with E-state index in [-0.39, 0.29) is 16.6 Å². The molecule has 4 nitrogen and oxygen atoms in total. The highest BCUT2D eigenvalue weighted by atomic mass is 79.9. The lowest BCUT2D eigenvalue weighted by Gasteiger charge is -2.44. The number of rotatable bonds is 2. The molecule has 0 fully saturated rings. The van der Waals surface area contributed by atoms with Gasteiger partial charge in [-0.25, -0.2) is 0 Å². The Bertz CT molecular complexity index is 1130. The van der Waals surface area contributed by atoms with Crippen LogP contribution in [0.15, 0.2) is 78.9 Å². The van der Waals surface area contributed by atoms with E-state index in [4.69, 9.17) is 0 Å². The SMILES string of the molecule is CC(=O)N1c2ccccc2[C@@H](Br)[C@]12c1ccccc1C(=O)N2Cc1ccccc1. The normalized spacial score (nSPS) is 22.1. The second-order valence-electron chi connectivity index (χ2n) is 7.42. The standard InChI is InChI=1S/C24H19BrN2O2/c1-16(28)27-21-14-8-6-12-19(21)22(25)24(27)20-13-7-5-11-18(20)23(29)26(24)15-17-9-3-2-4-10-17/h2-14,22H,15H2,1H3/t22-,24+/m1/s1. The van der Waals surface area contributed by atoms with E-state index in [1.54, 1.807) is 11.8 Å². The summed E-state index contributed by atoms with van der Waals surface area (Å²) < 4.78 is 0. The number of para-hydroxylation sites is 1. The molecule has 0 unspecified atom stereocenters. The van der Waals surface area contributed by atoms with Gasteiger partial charge in [-0.15, -0.1) is 0 Å². The van der Waals surface area contributed by atoms with Gasteiger partial charge in [0.15, 0.2) is 5.66 Å². The van der Waals surface area contributed by atoms with Crippen molar-refractivity contribution in [3.05, 3.63) is 101 Å². The van der Waals surface area contributed by atoms with Crippen molar-refractivity contribution in [2.45, 2.75) is 24.0 Å². The molecular weight excluding hydrogens is 428 g/mol. The van der Waals surface area contributed by atoms with Crippen molar-refractivity contribution in [1.82, 2.24) is 4.90 Å². The molecule has 5 rings (SSSR count). The number of nitrogens with zero attached hydrogens (tertiary/aromatic N) is 2. The van der Waals surface area contributed by atoms with Crippen molar-refractivity contribution in [2.24, 2.45) is 0 Å². The minimum Gasteiger partial charge on any atom is -0.305 e. The predicted molar refractivity (Wildman–Crippen MR) is 116 cm³/mol. The maximum absolute atomic E-state index is 13.6. The molecule has 5 heteroatoms. The largest absolute Gasteiger partial charge is 0.305 e. The van der Waals surface area contributed by atoms with Gasteiger partial charge in [0.1, 0.15) is 0 Å². The fourth-order valence-corrected chi connectivity index (χ4v) is 5.82. The average Bonchev–Trinajstić information content (AvgIpc) is 3.15. The highest BCUT2D eigenvalue weighted by Crippen LogP contribution is 2.61. The summed E-state index contributed by atoms with van der Waals surface area (Å²) >= 11 is 3.89. The zero-order valence-corrected chi connectivity index (χ0v) is 17.5. The molecule has 0 N–H and O–H groups in total. The Kier molecular flexibility index (Phi) is 4.10. The topological polar surface area (TPSA) is 40.6 Å². The first-order chi connectivity index (χ1) is 14.1. The average molecular weight is 447 g/mol. The number of carbonyl (C=O) groups is 2. The summed E-state index contributed by atoms with van der Waals surface area (Å²) in [4.78, 5) is 30.0. The third-order valence-corrected chi connectivity index (χ3v) is 6.99. The Hall–Kier alpha value is -2.92. The second-order valence-corrected chi connectivity index (χ2v) is 8.34. The lowest BCUT2D eigenvalue weighted by atomic mass is 9.93. The molecule has 3 aromatic carbocycles. The molecule has 2 aliphatic rings. The summed E-state index contributed by atoms with van der Waals surface area (Å²) in [6.45, 7) is 1.98. The van der Waals surface area contributed by atoms with E-state index in [9.17, 15) is 9.59 Å². The summed E-state index contributed by atoms with van der Waals surface area (Å²) in [5.41, 5.74) is 3.42. The van der Waals surface area contributed by atoms with Gasteiger partial charge in [-0.2, -0.15) is 0 Å². The summed E-state index contributed by atoms with van der Waals surface area (Å²) in [6, 6.07) is 25.4. The Morgan fingerprint density at radius 3 is 2.38 bits per heavy atom. The zero-order chi connectivity index (χ0) is 20.2. The Morgan fingerprint density at radius 1 is 0.966 bits per heavy atom. The van der Waals surface area contributed by atoms with Gasteiger partial charge in [0.2, 0.25) is 5.91 Å². The van der Waals surface area contributed by atoms with Crippen molar-refractivity contribution < 1.29 is 9.59 Å². The lowest BCUT2D eigenvalue weighted by molar-refractivity contribution is -0.119. The highest BCUT2D eigenvalue weighted by molar-refractivity contribution is 9.09. The van der Waals surface area contributed by atoms with Crippen LogP contribution < -0.4 is 4.90 Å². The second kappa shape index (κ2) is 6.56. The molecule has 0 aliphatic carbocycles. The van der Waals surface area contributed by atoms with Crippen LogP contribution in [0.5, 0.6) is 0 Å². The molecule has 1 spiro atoms. The fraction of sp³-hybridized carbons (Fsp3) is 0.167. The zero-order valence-electron chi connectivity index (χ0n) is 15.9. The van der Waals surface area contributed by atoms with Gasteiger partial charge >= 0.3 is 0 Å². The number of carbonyl (C=O) groups excluding carboxylic acids is 2. The van der Waals surface area contributed by atoms with E-state index in [0.29, 0.717) is 12.1 Å². The molecule has 0 saturated carbocycles. The maximum atomic E-state index is 13.6. The number of fused-ring (bicyclic) bond motifs is 3. The third kappa shape index (κ3) is 2.37. The van der Waals surface area contributed by atoms with Crippen LogP contribution in [0.1, 0.15) is 38.8 Å². The molecule has 0 radical (unpaired) electrons. The molecule has 2 atom stereocenters. The van der Waals surface area contributed by atoms with Gasteiger partial charge in [-0.3, -0.25) is 14.5 Å². The van der Waals surface area contributed by atoms with Crippen LogP contribution in [0, 0.1) is 0 Å². The number of alkyl halides is 1. The molecule has 2 amide bonds. The minimum atomic E-state index is -0.945. The van der Waals surface area contributed by atoms with Crippen molar-refractivity contribution in [3.8, 4) is 0 Å². The number of benzene rings is 3. The van der Waals surface area contributed by atoms with Crippen molar-refractivity contribution >= 4 is 33.4 Å². The quantitative estimate of drug-likeness (QED) is 0.519. The van der Waals surface area contributed by atoms with Crippen LogP contribution in [0.4, 0.5) is 5.69 Å². The van der Waals surface area contributed by atoms with Crippen LogP contribution in [0.3, 0.4) is 0 Å². The van der Waals surface area contributed by atoms with Crippen LogP contribution in [-0.2, 0) is 17.0 Å². The van der Waals surface area contributed by atoms with Gasteiger partial charge < -0.3 is 4.90 Å². The summed E-state index contributed by atoms with van der Waals surface area (Å²) in [5.74, 6) is -0.157. The molecule has 2 heterocycles. The molecule has 0 aromatic heterocycles. The first-order valence-electron chi connectivity index (χ1n) is 9.56. The first kappa shape index (κ1) is 18.1.